The van der Waals surface area contributed by atoms with Gasteiger partial charge in [0, 0.05) is 30.9 Å². The van der Waals surface area contributed by atoms with Gasteiger partial charge in [-0.15, -0.1) is 0 Å². The van der Waals surface area contributed by atoms with E-state index < -0.39 is 30.1 Å². The van der Waals surface area contributed by atoms with Crippen LogP contribution in [0.3, 0.4) is 0 Å². The summed E-state index contributed by atoms with van der Waals surface area (Å²) in [5.41, 5.74) is 11.5. The van der Waals surface area contributed by atoms with Gasteiger partial charge in [-0.3, -0.25) is 4.79 Å². The molecule has 1 aliphatic carbocycles. The number of nitrogens with two attached hydrogens (primary N) is 2. The Bertz CT molecular complexity index is 843. The minimum Gasteiger partial charge on any atom is -0.365 e. The Hall–Kier alpha value is -2.53. The van der Waals surface area contributed by atoms with Crippen LogP contribution in [-0.4, -0.2) is 52.1 Å². The number of nitrogens with zero attached hydrogens (tertiary/aromatic N) is 2. The molecule has 0 bridgehead atoms. The lowest BCUT2D eigenvalue weighted by Gasteiger charge is -2.41. The van der Waals surface area contributed by atoms with Crippen LogP contribution in [0.2, 0.25) is 0 Å². The first kappa shape index (κ1) is 21.2. The van der Waals surface area contributed by atoms with E-state index >= 15 is 0 Å². The highest BCUT2D eigenvalue weighted by Gasteiger charge is 2.47. The molecule has 1 saturated carbocycles. The number of carbonyl (C=O) groups is 1. The van der Waals surface area contributed by atoms with Gasteiger partial charge in [0.05, 0.1) is 6.54 Å². The smallest absolute Gasteiger partial charge is 0.365 e. The van der Waals surface area contributed by atoms with E-state index in [4.69, 9.17) is 11.5 Å². The van der Waals surface area contributed by atoms with E-state index in [2.05, 4.69) is 15.6 Å². The van der Waals surface area contributed by atoms with E-state index in [0.29, 0.717) is 37.2 Å². The lowest BCUT2D eigenvalue weighted by atomic mass is 9.77. The van der Waals surface area contributed by atoms with Crippen LogP contribution in [0, 0.1) is 5.95 Å². The van der Waals surface area contributed by atoms with Gasteiger partial charge >= 0.3 is 6.18 Å². The van der Waals surface area contributed by atoms with Gasteiger partial charge < -0.3 is 16.8 Å². The molecule has 0 saturated heterocycles. The van der Waals surface area contributed by atoms with Gasteiger partial charge in [0.25, 0.3) is 11.7 Å². The van der Waals surface area contributed by atoms with Crippen molar-refractivity contribution in [1.29, 1.82) is 0 Å². The molecule has 1 fully saturated rings. The van der Waals surface area contributed by atoms with Crippen LogP contribution in [0.25, 0.3) is 0 Å². The van der Waals surface area contributed by atoms with E-state index in [1.807, 2.05) is 0 Å². The minimum absolute atomic E-state index is 0.234. The highest BCUT2D eigenvalue weighted by Crippen LogP contribution is 2.35. The number of halogens is 4. The first-order valence-corrected chi connectivity index (χ1v) is 9.21. The number of alkyl halides is 3. The molecule has 3 rings (SSSR count). The van der Waals surface area contributed by atoms with Crippen LogP contribution in [0.1, 0.15) is 25.7 Å². The lowest BCUT2D eigenvalue weighted by Crippen LogP contribution is -2.58. The average Bonchev–Trinajstić information content (AvgIpc) is 2.64. The third-order valence-corrected chi connectivity index (χ3v) is 5.41. The standard InChI is InChI=1S/C18H22F4N6O/c19-14-7-12(3-6-25-14)27-16-13(15(24)29)8-28(16)17(9-23)4-1-11(2-5-17)26-10-18(20,21)22/h3,6-8,11,26H,1-2,4-5,9-10,23H2,(H2,24,29)/p+1. The van der Waals surface area contributed by atoms with Crippen molar-refractivity contribution >= 4 is 17.4 Å². The Labute approximate surface area is 164 Å². The van der Waals surface area contributed by atoms with Crippen molar-refractivity contribution in [3.8, 4) is 0 Å². The number of pyridine rings is 1. The molecule has 1 amide bonds. The summed E-state index contributed by atoms with van der Waals surface area (Å²) in [6.45, 7) is -0.799. The number of aromatic nitrogens is 1. The van der Waals surface area contributed by atoms with Crippen LogP contribution in [0.4, 0.5) is 23.2 Å². The number of nitrogens with one attached hydrogen (secondary N) is 2. The second-order valence-corrected chi connectivity index (χ2v) is 7.32. The molecule has 0 atom stereocenters. The molecule has 7 nitrogen and oxygen atoms in total. The quantitative estimate of drug-likeness (QED) is 0.317. The van der Waals surface area contributed by atoms with E-state index in [-0.39, 0.29) is 18.2 Å². The van der Waals surface area contributed by atoms with Crippen molar-refractivity contribution < 1.29 is 26.9 Å². The predicted molar refractivity (Wildman–Crippen MR) is 98.5 cm³/mol. The number of hydrogen-bond acceptors (Lipinski definition) is 5. The van der Waals surface area contributed by atoms with Crippen LogP contribution in [0.15, 0.2) is 30.1 Å². The first-order chi connectivity index (χ1) is 13.6. The molecule has 6 N–H and O–H groups in total. The number of rotatable bonds is 6. The fourth-order valence-corrected chi connectivity index (χ4v) is 3.78. The summed E-state index contributed by atoms with van der Waals surface area (Å²) in [6, 6.07) is 2.45. The average molecular weight is 415 g/mol. The van der Waals surface area contributed by atoms with Gasteiger partial charge in [-0.05, 0) is 25.7 Å². The third kappa shape index (κ3) is 4.73. The summed E-state index contributed by atoms with van der Waals surface area (Å²) >= 11 is 0. The zero-order chi connectivity index (χ0) is 21.2. The number of primary amides is 1. The van der Waals surface area contributed by atoms with Crippen molar-refractivity contribution in [1.82, 2.24) is 10.3 Å². The molecule has 1 aliphatic heterocycles. The Morgan fingerprint density at radius 2 is 2.03 bits per heavy atom. The fraction of sp³-hybridized carbons (Fsp3) is 0.500. The molecule has 1 aromatic heterocycles. The number of anilines is 1. The van der Waals surface area contributed by atoms with E-state index in [0.717, 1.165) is 0 Å². The number of hydrogen-bond donors (Lipinski definition) is 4. The van der Waals surface area contributed by atoms with Crippen LogP contribution in [0.5, 0.6) is 0 Å². The van der Waals surface area contributed by atoms with Crippen LogP contribution in [-0.2, 0) is 4.79 Å². The Morgan fingerprint density at radius 3 is 2.59 bits per heavy atom. The SMILES string of the molecule is NCC1([N+]2=C(Nc3ccnc(F)c3)C(C(N)=O)=C2)CCC(NCC(F)(F)F)CC1. The third-order valence-electron chi connectivity index (χ3n) is 5.41. The van der Waals surface area contributed by atoms with Gasteiger partial charge in [-0.1, -0.05) is 0 Å². The van der Waals surface area contributed by atoms with Gasteiger partial charge in [-0.25, -0.2) is 14.9 Å². The summed E-state index contributed by atoms with van der Waals surface area (Å²) < 4.78 is 52.5. The maximum atomic E-state index is 13.4. The van der Waals surface area contributed by atoms with Crippen LogP contribution < -0.4 is 22.1 Å². The second kappa shape index (κ2) is 8.07. The second-order valence-electron chi connectivity index (χ2n) is 7.32. The Morgan fingerprint density at radius 1 is 1.34 bits per heavy atom. The number of amides is 1. The summed E-state index contributed by atoms with van der Waals surface area (Å²) in [7, 11) is 0. The zero-order valence-electron chi connectivity index (χ0n) is 15.6. The molecular weight excluding hydrogens is 392 g/mol. The molecule has 158 valence electrons. The lowest BCUT2D eigenvalue weighted by molar-refractivity contribution is -0.561. The first-order valence-electron chi connectivity index (χ1n) is 9.21. The van der Waals surface area contributed by atoms with Crippen molar-refractivity contribution in [2.75, 3.05) is 18.4 Å². The number of amidine groups is 1. The van der Waals surface area contributed by atoms with Crippen molar-refractivity contribution in [2.45, 2.75) is 43.4 Å². The van der Waals surface area contributed by atoms with Gasteiger partial charge in [-0.2, -0.15) is 17.6 Å². The van der Waals surface area contributed by atoms with Gasteiger partial charge in [0.1, 0.15) is 17.4 Å². The van der Waals surface area contributed by atoms with Crippen molar-refractivity contribution in [3.05, 3.63) is 36.1 Å². The molecule has 0 radical (unpaired) electrons. The molecule has 11 heteroatoms. The van der Waals surface area contributed by atoms with Crippen LogP contribution >= 0.6 is 0 Å². The highest BCUT2D eigenvalue weighted by molar-refractivity contribution is 6.24. The van der Waals surface area contributed by atoms with Crippen molar-refractivity contribution in [2.24, 2.45) is 11.5 Å². The maximum absolute atomic E-state index is 13.4. The molecular formula is C18H23F4N6O+. The monoisotopic (exact) mass is 415 g/mol. The highest BCUT2D eigenvalue weighted by atomic mass is 19.4. The summed E-state index contributed by atoms with van der Waals surface area (Å²) in [5.74, 6) is -0.933. The zero-order valence-corrected chi connectivity index (χ0v) is 15.6. The molecule has 29 heavy (non-hydrogen) atoms. The van der Waals surface area contributed by atoms with E-state index in [1.165, 1.54) is 18.3 Å². The Balaban J connectivity index is 1.78. The topological polar surface area (TPSA) is 109 Å². The fourth-order valence-electron chi connectivity index (χ4n) is 3.78. The normalized spacial score (nSPS) is 24.7. The number of carbonyl (C=O) groups excluding carboxylic acids is 1. The summed E-state index contributed by atoms with van der Waals surface area (Å²) in [4.78, 5) is 15.2. The van der Waals surface area contributed by atoms with Gasteiger partial charge in [0.15, 0.2) is 5.57 Å². The van der Waals surface area contributed by atoms with E-state index in [1.54, 1.807) is 10.8 Å². The molecule has 0 unspecified atom stereocenters. The van der Waals surface area contributed by atoms with Gasteiger partial charge in [0.2, 0.25) is 5.95 Å². The largest absolute Gasteiger partial charge is 0.401 e. The summed E-state index contributed by atoms with van der Waals surface area (Å²) in [6.07, 6.45) is 0.656. The molecule has 0 aromatic carbocycles. The minimum atomic E-state index is -4.26. The molecule has 1 aromatic rings. The van der Waals surface area contributed by atoms with E-state index in [9.17, 15) is 22.4 Å². The summed E-state index contributed by atoms with van der Waals surface area (Å²) in [5, 5.41) is 5.52. The maximum Gasteiger partial charge on any atom is 0.401 e. The molecule has 2 heterocycles. The predicted octanol–water partition coefficient (Wildman–Crippen LogP) is 1.22. The Kier molecular flexibility index (Phi) is 5.90. The molecule has 0 spiro atoms. The molecule has 2 aliphatic rings. The van der Waals surface area contributed by atoms with Crippen molar-refractivity contribution in [3.63, 3.8) is 0 Å².